The topological polar surface area (TPSA) is 29.5 Å². The molecular weight excluding hydrogens is 270 g/mol. The predicted molar refractivity (Wildman–Crippen MR) is 85.4 cm³/mol. The van der Waals surface area contributed by atoms with E-state index < -0.39 is 0 Å². The Morgan fingerprint density at radius 3 is 2.45 bits per heavy atom. The molecule has 1 saturated heterocycles. The average molecular weight is 293 g/mol. The van der Waals surface area contributed by atoms with Gasteiger partial charge in [0.2, 0.25) is 0 Å². The van der Waals surface area contributed by atoms with Crippen LogP contribution in [0.1, 0.15) is 37.5 Å². The smallest absolute Gasteiger partial charge is 0.309 e. The third-order valence-electron chi connectivity index (χ3n) is 3.86. The molecule has 1 aliphatic rings. The minimum absolute atomic E-state index is 0.0357. The van der Waals surface area contributed by atoms with Gasteiger partial charge >= 0.3 is 5.97 Å². The van der Waals surface area contributed by atoms with E-state index in [0.29, 0.717) is 6.61 Å². The van der Waals surface area contributed by atoms with Crippen LogP contribution in [0.15, 0.2) is 24.3 Å². The molecule has 1 aromatic carbocycles. The minimum Gasteiger partial charge on any atom is -0.466 e. The van der Waals surface area contributed by atoms with E-state index in [2.05, 4.69) is 48.7 Å². The summed E-state index contributed by atoms with van der Waals surface area (Å²) in [7, 11) is 0. The maximum atomic E-state index is 11.7. The van der Waals surface area contributed by atoms with Crippen molar-refractivity contribution in [3.05, 3.63) is 29.8 Å². The van der Waals surface area contributed by atoms with E-state index in [-0.39, 0.29) is 17.1 Å². The SMILES string of the molecule is CCOC(=O)C1CCN(c2ccc(C(C)S)cc2)CC1. The maximum Gasteiger partial charge on any atom is 0.309 e. The number of anilines is 1. The van der Waals surface area contributed by atoms with E-state index in [1.807, 2.05) is 6.92 Å². The van der Waals surface area contributed by atoms with Gasteiger partial charge in [0, 0.05) is 24.0 Å². The summed E-state index contributed by atoms with van der Waals surface area (Å²) < 4.78 is 5.10. The summed E-state index contributed by atoms with van der Waals surface area (Å²) in [5.41, 5.74) is 2.46. The first-order valence-corrected chi connectivity index (χ1v) is 7.83. The number of nitrogens with zero attached hydrogens (tertiary/aromatic N) is 1. The fourth-order valence-electron chi connectivity index (χ4n) is 2.60. The standard InChI is InChI=1S/C16H23NO2S/c1-3-19-16(18)14-8-10-17(11-9-14)15-6-4-13(5-7-15)12(2)20/h4-7,12,14,20H,3,8-11H2,1-2H3. The largest absolute Gasteiger partial charge is 0.466 e. The minimum atomic E-state index is -0.0357. The van der Waals surface area contributed by atoms with Crippen LogP contribution in [0.5, 0.6) is 0 Å². The van der Waals surface area contributed by atoms with Crippen LogP contribution in [-0.2, 0) is 9.53 Å². The van der Waals surface area contributed by atoms with Crippen molar-refractivity contribution >= 4 is 24.3 Å². The molecule has 0 amide bonds. The van der Waals surface area contributed by atoms with Crippen molar-refractivity contribution in [2.75, 3.05) is 24.6 Å². The third kappa shape index (κ3) is 3.69. The highest BCUT2D eigenvalue weighted by molar-refractivity contribution is 7.80. The molecule has 4 heteroatoms. The molecule has 0 bridgehead atoms. The number of benzene rings is 1. The van der Waals surface area contributed by atoms with E-state index in [0.717, 1.165) is 25.9 Å². The Morgan fingerprint density at radius 2 is 1.95 bits per heavy atom. The Bertz CT molecular complexity index is 436. The quantitative estimate of drug-likeness (QED) is 0.681. The molecular formula is C16H23NO2S. The maximum absolute atomic E-state index is 11.7. The van der Waals surface area contributed by atoms with E-state index in [1.54, 1.807) is 0 Å². The zero-order valence-electron chi connectivity index (χ0n) is 12.2. The molecule has 1 aromatic rings. The Hall–Kier alpha value is -1.16. The Morgan fingerprint density at radius 1 is 1.35 bits per heavy atom. The van der Waals surface area contributed by atoms with Crippen LogP contribution in [0.2, 0.25) is 0 Å². The summed E-state index contributed by atoms with van der Waals surface area (Å²) in [6.45, 7) is 6.24. The summed E-state index contributed by atoms with van der Waals surface area (Å²) in [4.78, 5) is 14.0. The number of ether oxygens (including phenoxy) is 1. The number of hydrogen-bond donors (Lipinski definition) is 1. The van der Waals surface area contributed by atoms with Crippen molar-refractivity contribution in [3.8, 4) is 0 Å². The molecule has 0 radical (unpaired) electrons. The normalized spacial score (nSPS) is 17.9. The Kier molecular flexibility index (Phi) is 5.35. The second-order valence-electron chi connectivity index (χ2n) is 5.28. The van der Waals surface area contributed by atoms with Gasteiger partial charge in [0.15, 0.2) is 0 Å². The lowest BCUT2D eigenvalue weighted by Gasteiger charge is -2.32. The van der Waals surface area contributed by atoms with Gasteiger partial charge in [-0.1, -0.05) is 12.1 Å². The third-order valence-corrected chi connectivity index (χ3v) is 4.15. The number of esters is 1. The highest BCUT2D eigenvalue weighted by Gasteiger charge is 2.25. The first-order chi connectivity index (χ1) is 9.61. The van der Waals surface area contributed by atoms with E-state index in [9.17, 15) is 4.79 Å². The molecule has 0 saturated carbocycles. The lowest BCUT2D eigenvalue weighted by molar-refractivity contribution is -0.148. The van der Waals surface area contributed by atoms with Crippen LogP contribution in [0.4, 0.5) is 5.69 Å². The zero-order valence-corrected chi connectivity index (χ0v) is 13.1. The van der Waals surface area contributed by atoms with Crippen LogP contribution in [0.25, 0.3) is 0 Å². The lowest BCUT2D eigenvalue weighted by atomic mass is 9.96. The van der Waals surface area contributed by atoms with Gasteiger partial charge in [0.25, 0.3) is 0 Å². The summed E-state index contributed by atoms with van der Waals surface area (Å²) in [5.74, 6) is 0.0364. The molecule has 1 fully saturated rings. The molecule has 110 valence electrons. The average Bonchev–Trinajstić information content (AvgIpc) is 2.48. The van der Waals surface area contributed by atoms with Crippen molar-refractivity contribution in [1.82, 2.24) is 0 Å². The van der Waals surface area contributed by atoms with Gasteiger partial charge in [-0.2, -0.15) is 12.6 Å². The van der Waals surface area contributed by atoms with Crippen LogP contribution in [0, 0.1) is 5.92 Å². The van der Waals surface area contributed by atoms with Gasteiger partial charge in [-0.25, -0.2) is 0 Å². The van der Waals surface area contributed by atoms with E-state index in [1.165, 1.54) is 11.3 Å². The Labute approximate surface area is 126 Å². The van der Waals surface area contributed by atoms with Crippen molar-refractivity contribution < 1.29 is 9.53 Å². The Balaban J connectivity index is 1.91. The van der Waals surface area contributed by atoms with Gasteiger partial charge in [0.1, 0.15) is 0 Å². The molecule has 0 aromatic heterocycles. The van der Waals surface area contributed by atoms with Gasteiger partial charge in [-0.05, 0) is 44.4 Å². The molecule has 3 nitrogen and oxygen atoms in total. The van der Waals surface area contributed by atoms with Gasteiger partial charge in [-0.15, -0.1) is 0 Å². The van der Waals surface area contributed by atoms with Gasteiger partial charge < -0.3 is 9.64 Å². The molecule has 1 atom stereocenters. The summed E-state index contributed by atoms with van der Waals surface area (Å²) in [6, 6.07) is 8.55. The number of piperidine rings is 1. The first kappa shape index (κ1) is 15.2. The molecule has 1 heterocycles. The lowest BCUT2D eigenvalue weighted by Crippen LogP contribution is -2.36. The van der Waals surface area contributed by atoms with Crippen LogP contribution >= 0.6 is 12.6 Å². The van der Waals surface area contributed by atoms with Crippen LogP contribution in [-0.4, -0.2) is 25.7 Å². The molecule has 20 heavy (non-hydrogen) atoms. The van der Waals surface area contributed by atoms with E-state index >= 15 is 0 Å². The van der Waals surface area contributed by atoms with Crippen molar-refractivity contribution in [1.29, 1.82) is 0 Å². The van der Waals surface area contributed by atoms with E-state index in [4.69, 9.17) is 4.74 Å². The zero-order chi connectivity index (χ0) is 14.5. The van der Waals surface area contributed by atoms with Crippen molar-refractivity contribution in [3.63, 3.8) is 0 Å². The summed E-state index contributed by atoms with van der Waals surface area (Å²) in [6.07, 6.45) is 1.76. The molecule has 2 rings (SSSR count). The van der Waals surface area contributed by atoms with Crippen molar-refractivity contribution in [2.45, 2.75) is 31.9 Å². The number of hydrogen-bond acceptors (Lipinski definition) is 4. The number of rotatable bonds is 4. The number of thiol groups is 1. The predicted octanol–water partition coefficient (Wildman–Crippen LogP) is 3.46. The monoisotopic (exact) mass is 293 g/mol. The molecule has 0 spiro atoms. The highest BCUT2D eigenvalue weighted by atomic mass is 32.1. The van der Waals surface area contributed by atoms with Gasteiger partial charge in [0.05, 0.1) is 12.5 Å². The first-order valence-electron chi connectivity index (χ1n) is 7.31. The molecule has 0 N–H and O–H groups in total. The highest BCUT2D eigenvalue weighted by Crippen LogP contribution is 2.26. The van der Waals surface area contributed by atoms with Crippen LogP contribution in [0.3, 0.4) is 0 Å². The molecule has 0 aliphatic carbocycles. The second-order valence-corrected chi connectivity index (χ2v) is 6.06. The molecule has 1 unspecified atom stereocenters. The summed E-state index contributed by atoms with van der Waals surface area (Å²) in [5, 5.41) is 0.263. The second kappa shape index (κ2) is 7.02. The summed E-state index contributed by atoms with van der Waals surface area (Å²) >= 11 is 4.44. The van der Waals surface area contributed by atoms with Crippen molar-refractivity contribution in [2.24, 2.45) is 5.92 Å². The molecule has 1 aliphatic heterocycles. The fraction of sp³-hybridized carbons (Fsp3) is 0.562. The number of carbonyl (C=O) groups is 1. The fourth-order valence-corrected chi connectivity index (χ4v) is 2.77. The number of carbonyl (C=O) groups excluding carboxylic acids is 1. The van der Waals surface area contributed by atoms with Crippen LogP contribution < -0.4 is 4.90 Å². The van der Waals surface area contributed by atoms with Gasteiger partial charge in [-0.3, -0.25) is 4.79 Å².